The second-order valence-corrected chi connectivity index (χ2v) is 5.82. The number of benzene rings is 2. The van der Waals surface area contributed by atoms with Gasteiger partial charge in [-0.3, -0.25) is 0 Å². The number of phenolic OH excluding ortho intramolecular Hbond substituents is 1. The van der Waals surface area contributed by atoms with Crippen LogP contribution in [0.2, 0.25) is 0 Å². The van der Waals surface area contributed by atoms with Crippen LogP contribution in [0.1, 0.15) is 36.8 Å². The van der Waals surface area contributed by atoms with Gasteiger partial charge in [-0.1, -0.05) is 55.3 Å². The molecule has 0 saturated carbocycles. The summed E-state index contributed by atoms with van der Waals surface area (Å²) in [6, 6.07) is 18.2. The van der Waals surface area contributed by atoms with E-state index in [1.165, 1.54) is 43.2 Å². The largest absolute Gasteiger partial charge is 0.508 e. The third-order valence-electron chi connectivity index (χ3n) is 3.94. The summed E-state index contributed by atoms with van der Waals surface area (Å²) >= 11 is 0. The van der Waals surface area contributed by atoms with Crippen LogP contribution < -0.4 is 5.32 Å². The molecule has 22 heavy (non-hydrogen) atoms. The minimum Gasteiger partial charge on any atom is -0.508 e. The lowest BCUT2D eigenvalue weighted by molar-refractivity contribution is 0.475. The number of hydrogen-bond donors (Lipinski definition) is 2. The third kappa shape index (κ3) is 6.77. The van der Waals surface area contributed by atoms with Crippen LogP contribution in [0.25, 0.3) is 0 Å². The number of rotatable bonds is 10. The summed E-state index contributed by atoms with van der Waals surface area (Å²) in [5.74, 6) is 0.340. The van der Waals surface area contributed by atoms with E-state index in [2.05, 4.69) is 35.6 Å². The average Bonchev–Trinajstić information content (AvgIpc) is 2.56. The number of unbranched alkanes of at least 4 members (excludes halogenated alkanes) is 3. The molecule has 0 fully saturated rings. The van der Waals surface area contributed by atoms with E-state index < -0.39 is 0 Å². The highest BCUT2D eigenvalue weighted by Crippen LogP contribution is 2.10. The molecule has 0 aromatic heterocycles. The molecule has 0 aliphatic carbocycles. The average molecular weight is 297 g/mol. The first-order chi connectivity index (χ1) is 10.8. The highest BCUT2D eigenvalue weighted by atomic mass is 16.3. The van der Waals surface area contributed by atoms with E-state index in [9.17, 15) is 5.11 Å². The van der Waals surface area contributed by atoms with Crippen molar-refractivity contribution in [1.29, 1.82) is 0 Å². The fourth-order valence-corrected chi connectivity index (χ4v) is 2.60. The normalized spacial score (nSPS) is 10.7. The summed E-state index contributed by atoms with van der Waals surface area (Å²) < 4.78 is 0. The minimum atomic E-state index is 0.340. The van der Waals surface area contributed by atoms with E-state index in [1.54, 1.807) is 12.1 Å². The lowest BCUT2D eigenvalue weighted by Crippen LogP contribution is -2.18. The predicted octanol–water partition coefficient (Wildman–Crippen LogP) is 4.33. The molecular formula is C20H27NO. The van der Waals surface area contributed by atoms with Gasteiger partial charge in [0.15, 0.2) is 0 Å². The second-order valence-electron chi connectivity index (χ2n) is 5.82. The lowest BCUT2D eigenvalue weighted by Gasteiger charge is -2.05. The van der Waals surface area contributed by atoms with Gasteiger partial charge in [-0.15, -0.1) is 0 Å². The fraction of sp³-hybridized carbons (Fsp3) is 0.400. The first-order valence-electron chi connectivity index (χ1n) is 8.37. The van der Waals surface area contributed by atoms with Crippen molar-refractivity contribution in [1.82, 2.24) is 5.32 Å². The van der Waals surface area contributed by atoms with Crippen molar-refractivity contribution in [3.63, 3.8) is 0 Å². The molecule has 0 amide bonds. The standard InChI is InChI=1S/C20H27NO/c22-20-13-11-19(12-14-20)15-17-21-16-7-2-1-4-8-18-9-5-3-6-10-18/h3,5-6,9-14,21-22H,1-2,4,7-8,15-17H2. The highest BCUT2D eigenvalue weighted by molar-refractivity contribution is 5.25. The molecule has 118 valence electrons. The molecule has 2 heteroatoms. The van der Waals surface area contributed by atoms with Crippen molar-refractivity contribution in [2.45, 2.75) is 38.5 Å². The maximum Gasteiger partial charge on any atom is 0.115 e. The van der Waals surface area contributed by atoms with Crippen LogP contribution in [0.4, 0.5) is 0 Å². The smallest absolute Gasteiger partial charge is 0.115 e. The van der Waals surface area contributed by atoms with Gasteiger partial charge in [0.25, 0.3) is 0 Å². The highest BCUT2D eigenvalue weighted by Gasteiger charge is 1.95. The number of nitrogens with one attached hydrogen (secondary N) is 1. The van der Waals surface area contributed by atoms with Gasteiger partial charge in [0.2, 0.25) is 0 Å². The summed E-state index contributed by atoms with van der Waals surface area (Å²) in [5, 5.41) is 12.7. The Morgan fingerprint density at radius 2 is 1.32 bits per heavy atom. The summed E-state index contributed by atoms with van der Waals surface area (Å²) in [4.78, 5) is 0. The van der Waals surface area contributed by atoms with Crippen LogP contribution in [-0.4, -0.2) is 18.2 Å². The Balaban J connectivity index is 1.42. The van der Waals surface area contributed by atoms with Gasteiger partial charge in [-0.25, -0.2) is 0 Å². The quantitative estimate of drug-likeness (QED) is 0.640. The Labute approximate surface area is 134 Å². The lowest BCUT2D eigenvalue weighted by atomic mass is 10.1. The van der Waals surface area contributed by atoms with Crippen molar-refractivity contribution in [2.75, 3.05) is 13.1 Å². The van der Waals surface area contributed by atoms with E-state index in [0.717, 1.165) is 19.5 Å². The van der Waals surface area contributed by atoms with Gasteiger partial charge in [0, 0.05) is 0 Å². The maximum atomic E-state index is 9.23. The second kappa shape index (κ2) is 10.0. The predicted molar refractivity (Wildman–Crippen MR) is 93.3 cm³/mol. The van der Waals surface area contributed by atoms with Crippen LogP contribution in [0.3, 0.4) is 0 Å². The molecular weight excluding hydrogens is 270 g/mol. The van der Waals surface area contributed by atoms with Crippen LogP contribution >= 0.6 is 0 Å². The van der Waals surface area contributed by atoms with Gasteiger partial charge in [0.1, 0.15) is 5.75 Å². The molecule has 0 aliphatic rings. The molecule has 0 spiro atoms. The third-order valence-corrected chi connectivity index (χ3v) is 3.94. The zero-order valence-corrected chi connectivity index (χ0v) is 13.3. The monoisotopic (exact) mass is 297 g/mol. The topological polar surface area (TPSA) is 32.3 Å². The van der Waals surface area contributed by atoms with Gasteiger partial charge >= 0.3 is 0 Å². The van der Waals surface area contributed by atoms with E-state index in [1.807, 2.05) is 12.1 Å². The Hall–Kier alpha value is -1.80. The molecule has 2 N–H and O–H groups in total. The number of aryl methyl sites for hydroxylation is 1. The molecule has 0 saturated heterocycles. The molecule has 0 aliphatic heterocycles. The Morgan fingerprint density at radius 3 is 2.09 bits per heavy atom. The molecule has 0 radical (unpaired) electrons. The number of aromatic hydroxyl groups is 1. The SMILES string of the molecule is Oc1ccc(CCNCCCCCCc2ccccc2)cc1. The number of phenols is 1. The Bertz CT molecular complexity index is 507. The molecule has 2 aromatic rings. The van der Waals surface area contributed by atoms with E-state index >= 15 is 0 Å². The van der Waals surface area contributed by atoms with Crippen molar-refractivity contribution < 1.29 is 5.11 Å². The number of hydrogen-bond acceptors (Lipinski definition) is 2. The first kappa shape index (κ1) is 16.6. The summed E-state index contributed by atoms with van der Waals surface area (Å²) in [7, 11) is 0. The van der Waals surface area contributed by atoms with Crippen molar-refractivity contribution in [3.05, 3.63) is 65.7 Å². The van der Waals surface area contributed by atoms with Gasteiger partial charge in [-0.2, -0.15) is 0 Å². The molecule has 0 heterocycles. The van der Waals surface area contributed by atoms with Crippen LogP contribution in [-0.2, 0) is 12.8 Å². The Morgan fingerprint density at radius 1 is 0.636 bits per heavy atom. The molecule has 2 nitrogen and oxygen atoms in total. The Kier molecular flexibility index (Phi) is 7.54. The summed E-state index contributed by atoms with van der Waals surface area (Å²) in [5.41, 5.74) is 2.72. The summed E-state index contributed by atoms with van der Waals surface area (Å²) in [6.07, 6.45) is 7.39. The van der Waals surface area contributed by atoms with E-state index in [-0.39, 0.29) is 0 Å². The van der Waals surface area contributed by atoms with Crippen LogP contribution in [0, 0.1) is 0 Å². The van der Waals surface area contributed by atoms with Crippen molar-refractivity contribution in [3.8, 4) is 5.75 Å². The zero-order chi connectivity index (χ0) is 15.5. The van der Waals surface area contributed by atoms with Gasteiger partial charge in [-0.05, 0) is 62.0 Å². The summed E-state index contributed by atoms with van der Waals surface area (Å²) in [6.45, 7) is 2.11. The minimum absolute atomic E-state index is 0.340. The van der Waals surface area contributed by atoms with Crippen molar-refractivity contribution in [2.24, 2.45) is 0 Å². The van der Waals surface area contributed by atoms with E-state index in [4.69, 9.17) is 0 Å². The van der Waals surface area contributed by atoms with Crippen LogP contribution in [0.15, 0.2) is 54.6 Å². The fourth-order valence-electron chi connectivity index (χ4n) is 2.60. The molecule has 2 aromatic carbocycles. The zero-order valence-electron chi connectivity index (χ0n) is 13.3. The molecule has 0 bridgehead atoms. The van der Waals surface area contributed by atoms with E-state index in [0.29, 0.717) is 5.75 Å². The molecule has 2 rings (SSSR count). The molecule has 0 unspecified atom stereocenters. The molecule has 0 atom stereocenters. The van der Waals surface area contributed by atoms with Crippen LogP contribution in [0.5, 0.6) is 5.75 Å². The van der Waals surface area contributed by atoms with Gasteiger partial charge < -0.3 is 10.4 Å². The first-order valence-corrected chi connectivity index (χ1v) is 8.37. The maximum absolute atomic E-state index is 9.23. The van der Waals surface area contributed by atoms with Crippen molar-refractivity contribution >= 4 is 0 Å². The van der Waals surface area contributed by atoms with Gasteiger partial charge in [0.05, 0.1) is 0 Å².